The maximum Gasteiger partial charge on any atom is 0.335 e. The van der Waals surface area contributed by atoms with Gasteiger partial charge in [-0.3, -0.25) is 9.88 Å². The molecule has 0 amide bonds. The van der Waals surface area contributed by atoms with Crippen molar-refractivity contribution in [1.29, 1.82) is 0 Å². The van der Waals surface area contributed by atoms with Gasteiger partial charge in [0.05, 0.1) is 36.1 Å². The Hall–Kier alpha value is -3.80. The zero-order chi connectivity index (χ0) is 26.6. The Morgan fingerprint density at radius 2 is 1.76 bits per heavy atom. The highest BCUT2D eigenvalue weighted by Gasteiger charge is 2.41. The summed E-state index contributed by atoms with van der Waals surface area (Å²) in [6.45, 7) is 4.94. The van der Waals surface area contributed by atoms with Crippen molar-refractivity contribution in [3.63, 3.8) is 0 Å². The molecular formula is C27H28N4O6S. The minimum Gasteiger partial charge on any atom is -0.478 e. The van der Waals surface area contributed by atoms with Crippen molar-refractivity contribution in [3.8, 4) is 11.3 Å². The molecule has 0 saturated carbocycles. The molecule has 3 aromatic rings. The Morgan fingerprint density at radius 1 is 1.03 bits per heavy atom. The summed E-state index contributed by atoms with van der Waals surface area (Å²) in [6, 6.07) is 12.7. The molecule has 2 fully saturated rings. The maximum absolute atomic E-state index is 11.6. The van der Waals surface area contributed by atoms with Crippen LogP contribution < -0.4 is 5.32 Å². The standard InChI is InChI=1S/C27H28N4O6S/c32-25(33)18-14-17(15-19(16-18)26(34)35)21-5-6-22(37-21)24-23(20-4-1-2-7-28-20)29-27(38)31(24)9-3-8-30-10-12-36-13-11-30/h1-2,4-7,14-16,23-24H,3,8-13H2,(H,29,38)(H,32,33)(H,34,35)/t23-,24-/m1/s1. The molecule has 10 nitrogen and oxygen atoms in total. The number of aromatic nitrogens is 1. The second-order valence-corrected chi connectivity index (χ2v) is 9.63. The van der Waals surface area contributed by atoms with E-state index in [1.54, 1.807) is 12.3 Å². The average molecular weight is 537 g/mol. The highest BCUT2D eigenvalue weighted by molar-refractivity contribution is 7.80. The normalized spacial score (nSPS) is 19.9. The smallest absolute Gasteiger partial charge is 0.335 e. The molecule has 0 radical (unpaired) electrons. The van der Waals surface area contributed by atoms with Gasteiger partial charge in [-0.25, -0.2) is 9.59 Å². The molecule has 4 heterocycles. The number of hydrogen-bond donors (Lipinski definition) is 3. The number of furan rings is 1. The Morgan fingerprint density at radius 3 is 2.42 bits per heavy atom. The first-order valence-corrected chi connectivity index (χ1v) is 12.8. The number of carboxylic acid groups (broad SMARTS) is 2. The number of pyridine rings is 1. The Labute approximate surface area is 224 Å². The largest absolute Gasteiger partial charge is 0.478 e. The van der Waals surface area contributed by atoms with E-state index in [1.807, 2.05) is 24.3 Å². The van der Waals surface area contributed by atoms with Crippen LogP contribution in [0.4, 0.5) is 0 Å². The van der Waals surface area contributed by atoms with Crippen LogP contribution in [0.15, 0.2) is 59.1 Å². The fourth-order valence-electron chi connectivity index (χ4n) is 4.93. The number of morpholine rings is 1. The Balaban J connectivity index is 1.44. The van der Waals surface area contributed by atoms with Crippen LogP contribution in [0.25, 0.3) is 11.3 Å². The lowest BCUT2D eigenvalue weighted by molar-refractivity contribution is 0.0365. The van der Waals surface area contributed by atoms with Crippen molar-refractivity contribution < 1.29 is 29.0 Å². The third kappa shape index (κ3) is 5.54. The van der Waals surface area contributed by atoms with Crippen molar-refractivity contribution in [2.45, 2.75) is 18.5 Å². The molecule has 11 heteroatoms. The topological polar surface area (TPSA) is 128 Å². The zero-order valence-electron chi connectivity index (χ0n) is 20.6. The van der Waals surface area contributed by atoms with Gasteiger partial charge < -0.3 is 29.6 Å². The van der Waals surface area contributed by atoms with E-state index in [2.05, 4.69) is 20.1 Å². The second kappa shape index (κ2) is 11.3. The third-order valence-electron chi connectivity index (χ3n) is 6.80. The number of hydrogen-bond acceptors (Lipinski definition) is 7. The van der Waals surface area contributed by atoms with Crippen molar-refractivity contribution in [3.05, 3.63) is 77.3 Å². The van der Waals surface area contributed by atoms with E-state index in [4.69, 9.17) is 21.4 Å². The quantitative estimate of drug-likeness (QED) is 0.348. The first-order valence-electron chi connectivity index (χ1n) is 12.4. The van der Waals surface area contributed by atoms with Crippen LogP contribution in [0.1, 0.15) is 50.7 Å². The van der Waals surface area contributed by atoms with E-state index in [0.717, 1.165) is 51.0 Å². The molecule has 38 heavy (non-hydrogen) atoms. The molecule has 0 bridgehead atoms. The summed E-state index contributed by atoms with van der Waals surface area (Å²) in [6.07, 6.45) is 2.63. The summed E-state index contributed by atoms with van der Waals surface area (Å²) >= 11 is 5.74. The van der Waals surface area contributed by atoms with Gasteiger partial charge in [-0.2, -0.15) is 0 Å². The van der Waals surface area contributed by atoms with Crippen molar-refractivity contribution in [2.24, 2.45) is 0 Å². The van der Waals surface area contributed by atoms with Gasteiger partial charge >= 0.3 is 11.9 Å². The van der Waals surface area contributed by atoms with E-state index in [0.29, 0.717) is 28.7 Å². The summed E-state index contributed by atoms with van der Waals surface area (Å²) in [7, 11) is 0. The molecule has 3 N–H and O–H groups in total. The molecule has 0 unspecified atom stereocenters. The monoisotopic (exact) mass is 536 g/mol. The lowest BCUT2D eigenvalue weighted by Crippen LogP contribution is -2.38. The highest BCUT2D eigenvalue weighted by atomic mass is 32.1. The molecule has 0 aliphatic carbocycles. The molecule has 2 aliphatic rings. The minimum atomic E-state index is -1.21. The number of nitrogens with one attached hydrogen (secondary N) is 1. The van der Waals surface area contributed by atoms with Crippen LogP contribution in [0.5, 0.6) is 0 Å². The van der Waals surface area contributed by atoms with Crippen molar-refractivity contribution in [2.75, 3.05) is 39.4 Å². The van der Waals surface area contributed by atoms with Crippen LogP contribution in [-0.2, 0) is 4.74 Å². The first-order chi connectivity index (χ1) is 18.4. The van der Waals surface area contributed by atoms with E-state index in [-0.39, 0.29) is 23.2 Å². The third-order valence-corrected chi connectivity index (χ3v) is 7.16. The van der Waals surface area contributed by atoms with E-state index in [9.17, 15) is 19.8 Å². The summed E-state index contributed by atoms with van der Waals surface area (Å²) in [5.74, 6) is -1.44. The van der Waals surface area contributed by atoms with Crippen molar-refractivity contribution in [1.82, 2.24) is 20.1 Å². The second-order valence-electron chi connectivity index (χ2n) is 9.24. The summed E-state index contributed by atoms with van der Waals surface area (Å²) in [5.41, 5.74) is 0.931. The van der Waals surface area contributed by atoms with Gasteiger partial charge in [0.25, 0.3) is 0 Å². The number of benzene rings is 1. The minimum absolute atomic E-state index is 0.127. The number of aromatic carboxylic acids is 2. The van der Waals surface area contributed by atoms with Crippen molar-refractivity contribution >= 4 is 29.3 Å². The Bertz CT molecular complexity index is 1290. The molecule has 2 atom stereocenters. The lowest BCUT2D eigenvalue weighted by Gasteiger charge is -2.29. The number of carbonyl (C=O) groups is 2. The fourth-order valence-corrected chi connectivity index (χ4v) is 5.26. The van der Waals surface area contributed by atoms with Gasteiger partial charge in [0.2, 0.25) is 0 Å². The summed E-state index contributed by atoms with van der Waals surface area (Å²) in [4.78, 5) is 32.2. The van der Waals surface area contributed by atoms with Crippen LogP contribution in [0.3, 0.4) is 0 Å². The molecule has 2 aliphatic heterocycles. The molecule has 198 valence electrons. The predicted molar refractivity (Wildman–Crippen MR) is 142 cm³/mol. The van der Waals surface area contributed by atoms with E-state index < -0.39 is 11.9 Å². The van der Waals surface area contributed by atoms with Crippen LogP contribution >= 0.6 is 12.2 Å². The van der Waals surface area contributed by atoms with Crippen LogP contribution in [-0.4, -0.2) is 81.4 Å². The number of rotatable bonds is 9. The number of thiocarbonyl (C=S) groups is 1. The molecule has 1 aromatic carbocycles. The molecular weight excluding hydrogens is 508 g/mol. The van der Waals surface area contributed by atoms with Crippen LogP contribution in [0.2, 0.25) is 0 Å². The maximum atomic E-state index is 11.6. The number of nitrogens with zero attached hydrogens (tertiary/aromatic N) is 3. The molecule has 5 rings (SSSR count). The van der Waals surface area contributed by atoms with E-state index in [1.165, 1.54) is 12.1 Å². The van der Waals surface area contributed by atoms with Gasteiger partial charge in [0.15, 0.2) is 5.11 Å². The number of ether oxygens (including phenoxy) is 1. The SMILES string of the molecule is O=C(O)c1cc(C(=O)O)cc(-c2ccc([C@@H]3[C@@H](c4ccccn4)NC(=S)N3CCCN3CCOCC3)o2)c1. The van der Waals surface area contributed by atoms with Gasteiger partial charge in [-0.05, 0) is 61.1 Å². The predicted octanol–water partition coefficient (Wildman–Crippen LogP) is 3.43. The van der Waals surface area contributed by atoms with E-state index >= 15 is 0 Å². The molecule has 2 saturated heterocycles. The average Bonchev–Trinajstić information content (AvgIpc) is 3.54. The Kier molecular flexibility index (Phi) is 7.68. The highest BCUT2D eigenvalue weighted by Crippen LogP contribution is 2.40. The van der Waals surface area contributed by atoms with Gasteiger partial charge in [-0.15, -0.1) is 0 Å². The van der Waals surface area contributed by atoms with Crippen LogP contribution in [0, 0.1) is 0 Å². The lowest BCUT2D eigenvalue weighted by atomic mass is 10.0. The number of carboxylic acids is 2. The van der Waals surface area contributed by atoms with Gasteiger partial charge in [0, 0.05) is 37.9 Å². The molecule has 2 aromatic heterocycles. The fraction of sp³-hybridized carbons (Fsp3) is 0.333. The summed E-state index contributed by atoms with van der Waals surface area (Å²) < 4.78 is 11.7. The zero-order valence-corrected chi connectivity index (χ0v) is 21.4. The molecule has 0 spiro atoms. The van der Waals surface area contributed by atoms with Gasteiger partial charge in [-0.1, -0.05) is 6.07 Å². The van der Waals surface area contributed by atoms with Gasteiger partial charge in [0.1, 0.15) is 17.6 Å². The first kappa shape index (κ1) is 25.8. The summed E-state index contributed by atoms with van der Waals surface area (Å²) in [5, 5.41) is 22.9.